The molecule has 18 heavy (non-hydrogen) atoms. The number of carbonyl (C=O) groups is 2. The van der Waals surface area contributed by atoms with Crippen molar-refractivity contribution in [3.8, 4) is 0 Å². The van der Waals surface area contributed by atoms with Gasteiger partial charge in [0, 0.05) is 5.56 Å². The zero-order valence-electron chi connectivity index (χ0n) is 10.4. The highest BCUT2D eigenvalue weighted by Crippen LogP contribution is 2.30. The average Bonchev–Trinajstić information content (AvgIpc) is 2.79. The maximum Gasteiger partial charge on any atom is 0.329 e. The second-order valence-corrected chi connectivity index (χ2v) is 4.92. The van der Waals surface area contributed by atoms with Crippen molar-refractivity contribution >= 4 is 11.9 Å². The van der Waals surface area contributed by atoms with Gasteiger partial charge in [0.05, 0.1) is 0 Å². The third-order valence-corrected chi connectivity index (χ3v) is 3.50. The van der Waals surface area contributed by atoms with E-state index in [4.69, 9.17) is 0 Å². The smallest absolute Gasteiger partial charge is 0.329 e. The van der Waals surface area contributed by atoms with Gasteiger partial charge in [0.1, 0.15) is 5.54 Å². The average molecular weight is 247 g/mol. The Morgan fingerprint density at radius 2 is 1.94 bits per heavy atom. The Morgan fingerprint density at radius 1 is 1.28 bits per heavy atom. The van der Waals surface area contributed by atoms with Crippen LogP contribution in [0.25, 0.3) is 0 Å². The fourth-order valence-corrected chi connectivity index (χ4v) is 2.45. The van der Waals surface area contributed by atoms with E-state index in [-0.39, 0.29) is 5.91 Å². The molecule has 0 saturated heterocycles. The molecule has 0 heterocycles. The van der Waals surface area contributed by atoms with E-state index in [1.165, 1.54) is 0 Å². The summed E-state index contributed by atoms with van der Waals surface area (Å²) in [7, 11) is 0. The number of carboxylic acids is 1. The van der Waals surface area contributed by atoms with Crippen LogP contribution in [0.15, 0.2) is 24.3 Å². The second-order valence-electron chi connectivity index (χ2n) is 4.92. The lowest BCUT2D eigenvalue weighted by molar-refractivity contribution is -0.144. The summed E-state index contributed by atoms with van der Waals surface area (Å²) in [6.45, 7) is 1.90. The molecule has 1 fully saturated rings. The standard InChI is InChI=1S/C14H17NO3/c1-10-5-4-6-11(9-10)12(16)15-14(13(17)18)7-2-3-8-14/h4-6,9H,2-3,7-8H2,1H3,(H,15,16)(H,17,18). The van der Waals surface area contributed by atoms with Gasteiger partial charge in [0.15, 0.2) is 0 Å². The Balaban J connectivity index is 2.18. The van der Waals surface area contributed by atoms with Crippen molar-refractivity contribution in [3.63, 3.8) is 0 Å². The Morgan fingerprint density at radius 3 is 2.50 bits per heavy atom. The summed E-state index contributed by atoms with van der Waals surface area (Å²) in [6, 6.07) is 7.16. The van der Waals surface area contributed by atoms with Crippen molar-refractivity contribution in [2.75, 3.05) is 0 Å². The minimum absolute atomic E-state index is 0.303. The zero-order valence-corrected chi connectivity index (χ0v) is 10.4. The van der Waals surface area contributed by atoms with Crippen LogP contribution in [0.3, 0.4) is 0 Å². The molecule has 0 aromatic heterocycles. The Bertz CT molecular complexity index is 476. The molecule has 0 aliphatic heterocycles. The molecule has 4 heteroatoms. The van der Waals surface area contributed by atoms with Crippen molar-refractivity contribution < 1.29 is 14.7 Å². The number of carbonyl (C=O) groups excluding carboxylic acids is 1. The molecule has 1 aliphatic rings. The predicted molar refractivity (Wildman–Crippen MR) is 67.5 cm³/mol. The molecule has 4 nitrogen and oxygen atoms in total. The number of amides is 1. The van der Waals surface area contributed by atoms with Gasteiger partial charge in [-0.2, -0.15) is 0 Å². The van der Waals surface area contributed by atoms with Crippen molar-refractivity contribution in [2.45, 2.75) is 38.1 Å². The first-order valence-corrected chi connectivity index (χ1v) is 6.16. The van der Waals surface area contributed by atoms with Crippen LogP contribution in [0.1, 0.15) is 41.6 Å². The minimum atomic E-state index is -1.07. The number of benzene rings is 1. The lowest BCUT2D eigenvalue weighted by Crippen LogP contribution is -2.52. The Hall–Kier alpha value is -1.84. The molecule has 0 atom stereocenters. The molecule has 1 aromatic rings. The molecule has 1 amide bonds. The SMILES string of the molecule is Cc1cccc(C(=O)NC2(C(=O)O)CCCC2)c1. The molecular weight excluding hydrogens is 230 g/mol. The second kappa shape index (κ2) is 4.80. The maximum atomic E-state index is 12.1. The van der Waals surface area contributed by atoms with E-state index in [0.29, 0.717) is 18.4 Å². The van der Waals surface area contributed by atoms with Crippen molar-refractivity contribution in [2.24, 2.45) is 0 Å². The highest BCUT2D eigenvalue weighted by molar-refractivity contribution is 5.98. The molecule has 0 unspecified atom stereocenters. The van der Waals surface area contributed by atoms with E-state index in [1.54, 1.807) is 18.2 Å². The normalized spacial score (nSPS) is 17.4. The minimum Gasteiger partial charge on any atom is -0.480 e. The molecule has 2 N–H and O–H groups in total. The summed E-state index contributed by atoms with van der Waals surface area (Å²) >= 11 is 0. The quantitative estimate of drug-likeness (QED) is 0.859. The van der Waals surface area contributed by atoms with Crippen LogP contribution in [-0.4, -0.2) is 22.5 Å². The van der Waals surface area contributed by atoms with Gasteiger partial charge in [-0.3, -0.25) is 4.79 Å². The van der Waals surface area contributed by atoms with E-state index < -0.39 is 11.5 Å². The van der Waals surface area contributed by atoms with E-state index in [2.05, 4.69) is 5.32 Å². The molecule has 1 saturated carbocycles. The lowest BCUT2D eigenvalue weighted by Gasteiger charge is -2.25. The molecule has 1 aromatic carbocycles. The third kappa shape index (κ3) is 2.37. The highest BCUT2D eigenvalue weighted by atomic mass is 16.4. The largest absolute Gasteiger partial charge is 0.480 e. The monoisotopic (exact) mass is 247 g/mol. The Kier molecular flexibility index (Phi) is 3.36. The summed E-state index contributed by atoms with van der Waals surface area (Å²) in [5.41, 5.74) is 0.432. The molecular formula is C14H17NO3. The first-order chi connectivity index (χ1) is 8.53. The number of hydrogen-bond donors (Lipinski definition) is 2. The fraction of sp³-hybridized carbons (Fsp3) is 0.429. The predicted octanol–water partition coefficient (Wildman–Crippen LogP) is 2.12. The van der Waals surface area contributed by atoms with Crippen LogP contribution in [-0.2, 0) is 4.79 Å². The topological polar surface area (TPSA) is 66.4 Å². The fourth-order valence-electron chi connectivity index (χ4n) is 2.45. The highest BCUT2D eigenvalue weighted by Gasteiger charge is 2.42. The number of aliphatic carboxylic acids is 1. The van der Waals surface area contributed by atoms with Crippen LogP contribution in [0.4, 0.5) is 0 Å². The maximum absolute atomic E-state index is 12.1. The molecule has 0 radical (unpaired) electrons. The number of carboxylic acid groups (broad SMARTS) is 1. The number of nitrogens with one attached hydrogen (secondary N) is 1. The van der Waals surface area contributed by atoms with Crippen LogP contribution < -0.4 is 5.32 Å². The molecule has 0 bridgehead atoms. The van der Waals surface area contributed by atoms with Gasteiger partial charge in [0.2, 0.25) is 0 Å². The van der Waals surface area contributed by atoms with Gasteiger partial charge in [0.25, 0.3) is 5.91 Å². The Labute approximate surface area is 106 Å². The lowest BCUT2D eigenvalue weighted by atomic mass is 9.97. The van der Waals surface area contributed by atoms with E-state index in [9.17, 15) is 14.7 Å². The van der Waals surface area contributed by atoms with Gasteiger partial charge in [-0.25, -0.2) is 4.79 Å². The van der Waals surface area contributed by atoms with Crippen LogP contribution >= 0.6 is 0 Å². The zero-order chi connectivity index (χ0) is 13.2. The van der Waals surface area contributed by atoms with Crippen molar-refractivity contribution in [1.29, 1.82) is 0 Å². The molecule has 0 spiro atoms. The molecule has 1 aliphatic carbocycles. The number of rotatable bonds is 3. The van der Waals surface area contributed by atoms with Gasteiger partial charge in [-0.05, 0) is 31.9 Å². The summed E-state index contributed by atoms with van der Waals surface area (Å²) in [6.07, 6.45) is 2.72. The first kappa shape index (κ1) is 12.6. The van der Waals surface area contributed by atoms with Crippen LogP contribution in [0.2, 0.25) is 0 Å². The number of aryl methyl sites for hydroxylation is 1. The summed E-state index contributed by atoms with van der Waals surface area (Å²) in [4.78, 5) is 23.4. The van der Waals surface area contributed by atoms with Crippen molar-refractivity contribution in [1.82, 2.24) is 5.32 Å². The summed E-state index contributed by atoms with van der Waals surface area (Å²) in [5.74, 6) is -1.23. The summed E-state index contributed by atoms with van der Waals surface area (Å²) in [5, 5.41) is 12.0. The van der Waals surface area contributed by atoms with E-state index >= 15 is 0 Å². The van der Waals surface area contributed by atoms with Gasteiger partial charge in [-0.1, -0.05) is 30.5 Å². The molecule has 2 rings (SSSR count). The van der Waals surface area contributed by atoms with Gasteiger partial charge < -0.3 is 10.4 Å². The van der Waals surface area contributed by atoms with E-state index in [0.717, 1.165) is 18.4 Å². The van der Waals surface area contributed by atoms with Crippen molar-refractivity contribution in [3.05, 3.63) is 35.4 Å². The van der Waals surface area contributed by atoms with Gasteiger partial charge >= 0.3 is 5.97 Å². The van der Waals surface area contributed by atoms with Crippen LogP contribution in [0, 0.1) is 6.92 Å². The third-order valence-electron chi connectivity index (χ3n) is 3.50. The first-order valence-electron chi connectivity index (χ1n) is 6.16. The van der Waals surface area contributed by atoms with Crippen LogP contribution in [0.5, 0.6) is 0 Å². The number of hydrogen-bond acceptors (Lipinski definition) is 2. The van der Waals surface area contributed by atoms with Gasteiger partial charge in [-0.15, -0.1) is 0 Å². The summed E-state index contributed by atoms with van der Waals surface area (Å²) < 4.78 is 0. The molecule has 96 valence electrons. The van der Waals surface area contributed by atoms with E-state index in [1.807, 2.05) is 13.0 Å².